The Hall–Kier alpha value is -0.970. The molecule has 0 aliphatic heterocycles. The molecule has 0 bridgehead atoms. The highest BCUT2D eigenvalue weighted by molar-refractivity contribution is 8.03. The molecular formula is C9H15NO3S. The molecular weight excluding hydrogens is 202 g/mol. The quantitative estimate of drug-likeness (QED) is 0.409. The van der Waals surface area contributed by atoms with Gasteiger partial charge >= 0.3 is 5.97 Å². The third-order valence-corrected chi connectivity index (χ3v) is 2.62. The second kappa shape index (κ2) is 7.44. The molecule has 4 nitrogen and oxygen atoms in total. The molecule has 0 radical (unpaired) electrons. The molecule has 0 saturated heterocycles. The number of ether oxygens (including phenoxy) is 1. The average Bonchev–Trinajstić information content (AvgIpc) is 2.19. The lowest BCUT2D eigenvalue weighted by molar-refractivity contribution is -0.138. The van der Waals surface area contributed by atoms with E-state index in [4.69, 9.17) is 5.73 Å². The summed E-state index contributed by atoms with van der Waals surface area (Å²) < 4.78 is 4.67. The van der Waals surface area contributed by atoms with E-state index < -0.39 is 5.97 Å². The van der Waals surface area contributed by atoms with Crippen LogP contribution in [-0.4, -0.2) is 24.1 Å². The summed E-state index contributed by atoms with van der Waals surface area (Å²) in [5.74, 6) is -0.541. The van der Waals surface area contributed by atoms with E-state index in [9.17, 15) is 9.59 Å². The van der Waals surface area contributed by atoms with Crippen LogP contribution in [0.1, 0.15) is 20.3 Å². The predicted octanol–water partition coefficient (Wildman–Crippen LogP) is 1.06. The zero-order chi connectivity index (χ0) is 11.0. The van der Waals surface area contributed by atoms with Crippen LogP contribution in [0.2, 0.25) is 0 Å². The van der Waals surface area contributed by atoms with Gasteiger partial charge in [0.15, 0.2) is 0 Å². The highest BCUT2D eigenvalue weighted by atomic mass is 32.2. The van der Waals surface area contributed by atoms with Gasteiger partial charge in [0.05, 0.1) is 11.9 Å². The van der Waals surface area contributed by atoms with Gasteiger partial charge < -0.3 is 15.3 Å². The Balaban J connectivity index is 4.09. The van der Waals surface area contributed by atoms with Gasteiger partial charge in [-0.15, -0.1) is 11.8 Å². The van der Waals surface area contributed by atoms with Crippen LogP contribution in [0.15, 0.2) is 11.1 Å². The molecule has 0 rings (SSSR count). The first kappa shape index (κ1) is 13.0. The number of nitrogens with two attached hydrogens (primary N) is 1. The molecule has 0 amide bonds. The predicted molar refractivity (Wildman–Crippen MR) is 56.6 cm³/mol. The molecule has 1 atom stereocenters. The number of thioether (sulfide) groups is 1. The summed E-state index contributed by atoms with van der Waals surface area (Å²) in [5, 5.41) is 1.31. The maximum absolute atomic E-state index is 11.0. The number of rotatable bonds is 6. The molecule has 0 aromatic carbocycles. The summed E-state index contributed by atoms with van der Waals surface area (Å²) in [6, 6.07) is 0. The molecule has 1 unspecified atom stereocenters. The normalized spacial score (nSPS) is 13.4. The molecule has 5 heteroatoms. The lowest BCUT2D eigenvalue weighted by Crippen LogP contribution is -2.14. The zero-order valence-electron chi connectivity index (χ0n) is 8.36. The van der Waals surface area contributed by atoms with Gasteiger partial charge in [-0.05, 0) is 13.3 Å². The molecule has 0 fully saturated rings. The fourth-order valence-corrected chi connectivity index (χ4v) is 1.32. The average molecular weight is 217 g/mol. The van der Waals surface area contributed by atoms with E-state index in [1.54, 1.807) is 6.92 Å². The molecule has 0 saturated carbocycles. The summed E-state index contributed by atoms with van der Waals surface area (Å²) in [6.45, 7) is 3.89. The lowest BCUT2D eigenvalue weighted by Gasteiger charge is -2.04. The van der Waals surface area contributed by atoms with Crippen molar-refractivity contribution in [1.29, 1.82) is 0 Å². The third kappa shape index (κ3) is 4.91. The van der Waals surface area contributed by atoms with Gasteiger partial charge in [-0.1, -0.05) is 6.92 Å². The summed E-state index contributed by atoms with van der Waals surface area (Å²) in [4.78, 5) is 21.5. The molecule has 2 N–H and O–H groups in total. The molecule has 0 aliphatic carbocycles. The second-order valence-corrected chi connectivity index (χ2v) is 3.63. The van der Waals surface area contributed by atoms with Crippen molar-refractivity contribution in [1.82, 2.24) is 0 Å². The highest BCUT2D eigenvalue weighted by Gasteiger charge is 2.07. The standard InChI is InChI=1S/C9H15NO3S/c1-3-7(5-11)14-6-8(10)9(12)13-4-2/h5-7H,3-4,10H2,1-2H3/b8-6-. The van der Waals surface area contributed by atoms with E-state index in [0.29, 0.717) is 13.0 Å². The van der Waals surface area contributed by atoms with Crippen LogP contribution in [0.5, 0.6) is 0 Å². The van der Waals surface area contributed by atoms with Crippen LogP contribution in [0.4, 0.5) is 0 Å². The van der Waals surface area contributed by atoms with Gasteiger partial charge in [-0.2, -0.15) is 0 Å². The number of hydrogen-bond acceptors (Lipinski definition) is 5. The number of esters is 1. The van der Waals surface area contributed by atoms with E-state index in [1.807, 2.05) is 6.92 Å². The molecule has 0 aromatic rings. The summed E-state index contributed by atoms with van der Waals surface area (Å²) in [7, 11) is 0. The molecule has 80 valence electrons. The fourth-order valence-electron chi connectivity index (χ4n) is 0.648. The van der Waals surface area contributed by atoms with Crippen molar-refractivity contribution in [2.75, 3.05) is 6.61 Å². The smallest absolute Gasteiger partial charge is 0.354 e. The first-order valence-corrected chi connectivity index (χ1v) is 5.33. The SMILES string of the molecule is CCOC(=O)/C(N)=C/SC(C=O)CC. The summed E-state index contributed by atoms with van der Waals surface area (Å²) in [6.07, 6.45) is 1.54. The minimum absolute atomic E-state index is 0.0390. The van der Waals surface area contributed by atoms with E-state index in [-0.39, 0.29) is 10.9 Å². The van der Waals surface area contributed by atoms with Crippen molar-refractivity contribution >= 4 is 24.0 Å². The van der Waals surface area contributed by atoms with Crippen LogP contribution in [-0.2, 0) is 14.3 Å². The second-order valence-electron chi connectivity index (χ2n) is 2.51. The first-order chi connectivity index (χ1) is 6.65. The topological polar surface area (TPSA) is 69.4 Å². The fraction of sp³-hybridized carbons (Fsp3) is 0.556. The zero-order valence-corrected chi connectivity index (χ0v) is 9.17. The maximum atomic E-state index is 11.0. The van der Waals surface area contributed by atoms with Crippen molar-refractivity contribution in [3.8, 4) is 0 Å². The Morgan fingerprint density at radius 1 is 1.57 bits per heavy atom. The lowest BCUT2D eigenvalue weighted by atomic mass is 10.4. The van der Waals surface area contributed by atoms with Crippen molar-refractivity contribution < 1.29 is 14.3 Å². The van der Waals surface area contributed by atoms with Crippen molar-refractivity contribution in [3.63, 3.8) is 0 Å². The van der Waals surface area contributed by atoms with Gasteiger partial charge in [0.2, 0.25) is 0 Å². The highest BCUT2D eigenvalue weighted by Crippen LogP contribution is 2.14. The van der Waals surface area contributed by atoms with Gasteiger partial charge in [0.1, 0.15) is 12.0 Å². The minimum atomic E-state index is -0.541. The van der Waals surface area contributed by atoms with Crippen LogP contribution in [0.3, 0.4) is 0 Å². The van der Waals surface area contributed by atoms with Crippen molar-refractivity contribution in [3.05, 3.63) is 11.1 Å². The monoisotopic (exact) mass is 217 g/mol. The van der Waals surface area contributed by atoms with E-state index in [1.165, 1.54) is 17.2 Å². The molecule has 0 aromatic heterocycles. The first-order valence-electron chi connectivity index (χ1n) is 4.39. The Bertz CT molecular complexity index is 228. The van der Waals surface area contributed by atoms with Gasteiger partial charge in [0.25, 0.3) is 0 Å². The number of hydrogen-bond donors (Lipinski definition) is 1. The Morgan fingerprint density at radius 3 is 2.64 bits per heavy atom. The van der Waals surface area contributed by atoms with E-state index in [0.717, 1.165) is 6.29 Å². The summed E-state index contributed by atoms with van der Waals surface area (Å²) in [5.41, 5.74) is 5.45. The molecule has 0 spiro atoms. The summed E-state index contributed by atoms with van der Waals surface area (Å²) >= 11 is 1.23. The van der Waals surface area contributed by atoms with Crippen molar-refractivity contribution in [2.24, 2.45) is 5.73 Å². The molecule has 0 heterocycles. The Labute approximate surface area is 87.9 Å². The number of aldehydes is 1. The number of carbonyl (C=O) groups excluding carboxylic acids is 2. The van der Waals surface area contributed by atoms with Gasteiger partial charge in [0, 0.05) is 5.41 Å². The van der Waals surface area contributed by atoms with Crippen molar-refractivity contribution in [2.45, 2.75) is 25.5 Å². The number of carbonyl (C=O) groups is 2. The Kier molecular flexibility index (Phi) is 6.92. The van der Waals surface area contributed by atoms with Gasteiger partial charge in [-0.3, -0.25) is 0 Å². The molecule has 0 aliphatic rings. The van der Waals surface area contributed by atoms with E-state index >= 15 is 0 Å². The van der Waals surface area contributed by atoms with Crippen LogP contribution < -0.4 is 5.73 Å². The van der Waals surface area contributed by atoms with Crippen LogP contribution >= 0.6 is 11.8 Å². The van der Waals surface area contributed by atoms with Crippen LogP contribution in [0, 0.1) is 0 Å². The van der Waals surface area contributed by atoms with Crippen LogP contribution in [0.25, 0.3) is 0 Å². The minimum Gasteiger partial charge on any atom is -0.461 e. The largest absolute Gasteiger partial charge is 0.461 e. The Morgan fingerprint density at radius 2 is 2.21 bits per heavy atom. The third-order valence-electron chi connectivity index (χ3n) is 1.44. The molecule has 14 heavy (non-hydrogen) atoms. The maximum Gasteiger partial charge on any atom is 0.354 e. The van der Waals surface area contributed by atoms with E-state index in [2.05, 4.69) is 4.74 Å². The van der Waals surface area contributed by atoms with Gasteiger partial charge in [-0.25, -0.2) is 4.79 Å².